The predicted octanol–water partition coefficient (Wildman–Crippen LogP) is 3.23. The van der Waals surface area contributed by atoms with E-state index in [2.05, 4.69) is 11.9 Å². The summed E-state index contributed by atoms with van der Waals surface area (Å²) in [5.74, 6) is 0. The lowest BCUT2D eigenvalue weighted by Gasteiger charge is -2.30. The van der Waals surface area contributed by atoms with Gasteiger partial charge in [-0.3, -0.25) is 0 Å². The molecular weight excluding hydrogens is 230 g/mol. The number of aliphatic hydroxyl groups excluding tert-OH is 1. The molecule has 2 N–H and O–H groups in total. The summed E-state index contributed by atoms with van der Waals surface area (Å²) >= 11 is 1.61. The van der Waals surface area contributed by atoms with Crippen molar-refractivity contribution >= 4 is 17.0 Å². The Kier molecular flexibility index (Phi) is 3.61. The monoisotopic (exact) mass is 245 g/mol. The van der Waals surface area contributed by atoms with Crippen LogP contribution in [0.3, 0.4) is 0 Å². The van der Waals surface area contributed by atoms with E-state index in [0.717, 1.165) is 11.3 Å². The van der Waals surface area contributed by atoms with Gasteiger partial charge in [0.15, 0.2) is 0 Å². The van der Waals surface area contributed by atoms with Gasteiger partial charge in [0.05, 0.1) is 6.61 Å². The first-order chi connectivity index (χ1) is 8.30. The van der Waals surface area contributed by atoms with Crippen molar-refractivity contribution in [3.05, 3.63) is 65.4 Å². The van der Waals surface area contributed by atoms with Gasteiger partial charge in [-0.15, -0.1) is 6.58 Å². The molecule has 88 valence electrons. The molecule has 0 saturated heterocycles. The molecule has 0 aliphatic rings. The zero-order valence-corrected chi connectivity index (χ0v) is 10.3. The second-order valence-electron chi connectivity index (χ2n) is 3.84. The number of aliphatic hydroxyl groups is 1. The molecule has 0 aliphatic carbocycles. The molecule has 1 heterocycles. The Labute approximate surface area is 105 Å². The second kappa shape index (κ2) is 5.17. The number of anilines is 1. The summed E-state index contributed by atoms with van der Waals surface area (Å²) in [7, 11) is 0. The lowest BCUT2D eigenvalue weighted by Crippen LogP contribution is -2.36. The molecule has 1 aromatic heterocycles. The van der Waals surface area contributed by atoms with E-state index in [9.17, 15) is 5.11 Å². The van der Waals surface area contributed by atoms with Gasteiger partial charge in [-0.2, -0.15) is 11.3 Å². The number of hydrogen-bond acceptors (Lipinski definition) is 3. The SMILES string of the molecule is C=C[C@](CO)(Nc1ccccc1)c1ccsc1. The zero-order valence-electron chi connectivity index (χ0n) is 9.47. The number of para-hydroxylation sites is 1. The number of thiophene rings is 1. The van der Waals surface area contributed by atoms with Crippen LogP contribution in [0.2, 0.25) is 0 Å². The standard InChI is InChI=1S/C14H15NOS/c1-2-14(11-16,12-8-9-17-10-12)15-13-6-4-3-5-7-13/h2-10,15-16H,1,11H2/t14-/m1/s1. The van der Waals surface area contributed by atoms with E-state index in [4.69, 9.17) is 0 Å². The Balaban J connectivity index is 2.33. The lowest BCUT2D eigenvalue weighted by atomic mass is 9.93. The van der Waals surface area contributed by atoms with Crippen LogP contribution in [0, 0.1) is 0 Å². The Morgan fingerprint density at radius 2 is 2.06 bits per heavy atom. The third kappa shape index (κ3) is 2.40. The normalized spacial score (nSPS) is 13.9. The highest BCUT2D eigenvalue weighted by atomic mass is 32.1. The van der Waals surface area contributed by atoms with E-state index >= 15 is 0 Å². The maximum Gasteiger partial charge on any atom is 0.105 e. The number of rotatable bonds is 5. The molecule has 17 heavy (non-hydrogen) atoms. The third-order valence-corrected chi connectivity index (χ3v) is 3.46. The average Bonchev–Trinajstić information content (AvgIpc) is 2.92. The van der Waals surface area contributed by atoms with Crippen molar-refractivity contribution in [2.24, 2.45) is 0 Å². The van der Waals surface area contributed by atoms with E-state index < -0.39 is 5.54 Å². The maximum atomic E-state index is 9.68. The van der Waals surface area contributed by atoms with E-state index in [1.807, 2.05) is 47.2 Å². The van der Waals surface area contributed by atoms with Gasteiger partial charge in [0.2, 0.25) is 0 Å². The molecule has 0 saturated carbocycles. The van der Waals surface area contributed by atoms with Gasteiger partial charge in [-0.05, 0) is 34.5 Å². The van der Waals surface area contributed by atoms with Gasteiger partial charge in [-0.1, -0.05) is 24.3 Å². The summed E-state index contributed by atoms with van der Waals surface area (Å²) in [6.45, 7) is 3.81. The summed E-state index contributed by atoms with van der Waals surface area (Å²) in [5.41, 5.74) is 1.39. The number of benzene rings is 1. The minimum atomic E-state index is -0.610. The van der Waals surface area contributed by atoms with Crippen molar-refractivity contribution < 1.29 is 5.11 Å². The number of nitrogens with one attached hydrogen (secondary N) is 1. The molecule has 0 unspecified atom stereocenters. The first-order valence-electron chi connectivity index (χ1n) is 5.41. The van der Waals surface area contributed by atoms with Crippen LogP contribution in [0.5, 0.6) is 0 Å². The van der Waals surface area contributed by atoms with E-state index in [0.29, 0.717) is 0 Å². The van der Waals surface area contributed by atoms with Gasteiger partial charge in [0.25, 0.3) is 0 Å². The summed E-state index contributed by atoms with van der Waals surface area (Å²) in [4.78, 5) is 0. The van der Waals surface area contributed by atoms with Gasteiger partial charge >= 0.3 is 0 Å². The van der Waals surface area contributed by atoms with Crippen molar-refractivity contribution in [2.45, 2.75) is 5.54 Å². The molecule has 1 atom stereocenters. The Hall–Kier alpha value is -1.58. The van der Waals surface area contributed by atoms with Crippen LogP contribution >= 0.6 is 11.3 Å². The van der Waals surface area contributed by atoms with Crippen LogP contribution < -0.4 is 5.32 Å². The van der Waals surface area contributed by atoms with Gasteiger partial charge in [0, 0.05) is 5.69 Å². The lowest BCUT2D eigenvalue weighted by molar-refractivity contribution is 0.241. The number of hydrogen-bond donors (Lipinski definition) is 2. The predicted molar refractivity (Wildman–Crippen MR) is 73.3 cm³/mol. The van der Waals surface area contributed by atoms with E-state index in [1.54, 1.807) is 17.4 Å². The molecule has 0 radical (unpaired) electrons. The van der Waals surface area contributed by atoms with E-state index in [1.165, 1.54) is 0 Å². The van der Waals surface area contributed by atoms with Crippen LogP contribution in [-0.4, -0.2) is 11.7 Å². The molecule has 1 aromatic carbocycles. The van der Waals surface area contributed by atoms with Crippen LogP contribution in [0.25, 0.3) is 0 Å². The highest BCUT2D eigenvalue weighted by Gasteiger charge is 2.28. The minimum Gasteiger partial charge on any atom is -0.393 e. The molecule has 0 fully saturated rings. The van der Waals surface area contributed by atoms with Crippen molar-refractivity contribution in [1.82, 2.24) is 0 Å². The molecule has 0 aliphatic heterocycles. The minimum absolute atomic E-state index is 0.0257. The largest absolute Gasteiger partial charge is 0.393 e. The topological polar surface area (TPSA) is 32.3 Å². The van der Waals surface area contributed by atoms with Crippen molar-refractivity contribution in [3.63, 3.8) is 0 Å². The van der Waals surface area contributed by atoms with Gasteiger partial charge in [-0.25, -0.2) is 0 Å². The molecule has 2 aromatic rings. The highest BCUT2D eigenvalue weighted by molar-refractivity contribution is 7.08. The molecule has 0 amide bonds. The summed E-state index contributed by atoms with van der Waals surface area (Å²) in [6, 6.07) is 11.8. The molecule has 0 spiro atoms. The Morgan fingerprint density at radius 1 is 1.29 bits per heavy atom. The fourth-order valence-electron chi connectivity index (χ4n) is 1.73. The first-order valence-corrected chi connectivity index (χ1v) is 6.35. The van der Waals surface area contributed by atoms with Crippen molar-refractivity contribution in [3.8, 4) is 0 Å². The fourth-order valence-corrected chi connectivity index (χ4v) is 2.47. The molecule has 3 heteroatoms. The van der Waals surface area contributed by atoms with Crippen molar-refractivity contribution in [2.75, 3.05) is 11.9 Å². The molecule has 0 bridgehead atoms. The first kappa shape index (κ1) is 11.9. The van der Waals surface area contributed by atoms with Crippen LogP contribution in [0.15, 0.2) is 59.8 Å². The maximum absolute atomic E-state index is 9.68. The zero-order chi connectivity index (χ0) is 12.1. The molecular formula is C14H15NOS. The van der Waals surface area contributed by atoms with Crippen LogP contribution in [0.1, 0.15) is 5.56 Å². The Bertz CT molecular complexity index is 466. The van der Waals surface area contributed by atoms with E-state index in [-0.39, 0.29) is 6.61 Å². The third-order valence-electron chi connectivity index (χ3n) is 2.78. The van der Waals surface area contributed by atoms with Gasteiger partial charge in [0.1, 0.15) is 5.54 Å². The average molecular weight is 245 g/mol. The van der Waals surface area contributed by atoms with Crippen LogP contribution in [0.4, 0.5) is 5.69 Å². The highest BCUT2D eigenvalue weighted by Crippen LogP contribution is 2.28. The summed E-state index contributed by atoms with van der Waals surface area (Å²) in [5, 5.41) is 17.0. The van der Waals surface area contributed by atoms with Crippen molar-refractivity contribution in [1.29, 1.82) is 0 Å². The Morgan fingerprint density at radius 3 is 2.59 bits per heavy atom. The molecule has 2 rings (SSSR count). The molecule has 2 nitrogen and oxygen atoms in total. The second-order valence-corrected chi connectivity index (χ2v) is 4.62. The summed E-state index contributed by atoms with van der Waals surface area (Å²) in [6.07, 6.45) is 1.75. The van der Waals surface area contributed by atoms with Crippen LogP contribution in [-0.2, 0) is 5.54 Å². The fraction of sp³-hybridized carbons (Fsp3) is 0.143. The summed E-state index contributed by atoms with van der Waals surface area (Å²) < 4.78 is 0. The smallest absolute Gasteiger partial charge is 0.105 e. The quantitative estimate of drug-likeness (QED) is 0.793. The van der Waals surface area contributed by atoms with Gasteiger partial charge < -0.3 is 10.4 Å².